The van der Waals surface area contributed by atoms with Crippen LogP contribution in [0.5, 0.6) is 0 Å². The minimum Gasteiger partial charge on any atom is -0.356 e. The zero-order valence-corrected chi connectivity index (χ0v) is 13.9. The van der Waals surface area contributed by atoms with Gasteiger partial charge in [0.25, 0.3) is 0 Å². The van der Waals surface area contributed by atoms with E-state index in [9.17, 15) is 0 Å². The first-order chi connectivity index (χ1) is 8.88. The van der Waals surface area contributed by atoms with Gasteiger partial charge in [-0.1, -0.05) is 43.2 Å². The molecule has 19 heavy (non-hydrogen) atoms. The Morgan fingerprint density at radius 1 is 1.21 bits per heavy atom. The summed E-state index contributed by atoms with van der Waals surface area (Å²) in [6.45, 7) is 1.84. The molecule has 4 heteroatoms. The Morgan fingerprint density at radius 2 is 1.95 bits per heavy atom. The van der Waals surface area contributed by atoms with Gasteiger partial charge in [0.15, 0.2) is 5.96 Å². The molecular formula is C15H24IN3. The lowest BCUT2D eigenvalue weighted by molar-refractivity contribution is 0.644. The SMILES string of the molecule is CN=C(NCCCC1CC1)NCc1ccccc1.I. The maximum Gasteiger partial charge on any atom is 0.191 e. The summed E-state index contributed by atoms with van der Waals surface area (Å²) in [6, 6.07) is 10.4. The molecule has 0 unspecified atom stereocenters. The number of hydrogen-bond acceptors (Lipinski definition) is 1. The molecule has 0 heterocycles. The first kappa shape index (κ1) is 16.3. The average molecular weight is 373 g/mol. The number of guanidine groups is 1. The first-order valence-corrected chi connectivity index (χ1v) is 6.87. The Kier molecular flexibility index (Phi) is 7.86. The predicted molar refractivity (Wildman–Crippen MR) is 92.0 cm³/mol. The Balaban J connectivity index is 0.00000180. The average Bonchev–Trinajstić information content (AvgIpc) is 3.23. The van der Waals surface area contributed by atoms with Gasteiger partial charge in [-0.05, 0) is 24.3 Å². The minimum absolute atomic E-state index is 0. The van der Waals surface area contributed by atoms with Gasteiger partial charge in [0.2, 0.25) is 0 Å². The van der Waals surface area contributed by atoms with Crippen molar-refractivity contribution in [2.45, 2.75) is 32.2 Å². The maximum atomic E-state index is 4.23. The smallest absolute Gasteiger partial charge is 0.191 e. The monoisotopic (exact) mass is 373 g/mol. The zero-order valence-electron chi connectivity index (χ0n) is 11.6. The highest BCUT2D eigenvalue weighted by molar-refractivity contribution is 14.0. The summed E-state index contributed by atoms with van der Waals surface area (Å²) >= 11 is 0. The Labute approximate surface area is 133 Å². The summed E-state index contributed by atoms with van der Waals surface area (Å²) in [5.41, 5.74) is 1.28. The number of nitrogens with one attached hydrogen (secondary N) is 2. The molecule has 0 bridgehead atoms. The van der Waals surface area contributed by atoms with Crippen LogP contribution in [0.2, 0.25) is 0 Å². The molecular weight excluding hydrogens is 349 g/mol. The molecule has 2 rings (SSSR count). The molecule has 1 fully saturated rings. The molecule has 0 saturated heterocycles. The van der Waals surface area contributed by atoms with Crippen LogP contribution in [0.1, 0.15) is 31.2 Å². The number of nitrogens with zero attached hydrogens (tertiary/aromatic N) is 1. The van der Waals surface area contributed by atoms with Gasteiger partial charge < -0.3 is 10.6 Å². The van der Waals surface area contributed by atoms with Crippen LogP contribution in [0.25, 0.3) is 0 Å². The van der Waals surface area contributed by atoms with Crippen LogP contribution in [0.15, 0.2) is 35.3 Å². The van der Waals surface area contributed by atoms with Gasteiger partial charge in [-0.2, -0.15) is 0 Å². The van der Waals surface area contributed by atoms with Crippen molar-refractivity contribution in [3.8, 4) is 0 Å². The standard InChI is InChI=1S/C15H23N3.HI/c1-16-15(17-11-5-8-13-9-10-13)18-12-14-6-3-2-4-7-14;/h2-4,6-7,13H,5,8-12H2,1H3,(H2,16,17,18);1H. The summed E-state index contributed by atoms with van der Waals surface area (Å²) in [6.07, 6.45) is 5.50. The van der Waals surface area contributed by atoms with Crippen molar-refractivity contribution in [3.63, 3.8) is 0 Å². The lowest BCUT2D eigenvalue weighted by atomic mass is 10.2. The van der Waals surface area contributed by atoms with E-state index in [1.165, 1.54) is 31.2 Å². The topological polar surface area (TPSA) is 36.4 Å². The van der Waals surface area contributed by atoms with Gasteiger partial charge in [0, 0.05) is 20.1 Å². The number of benzene rings is 1. The maximum absolute atomic E-state index is 4.23. The van der Waals surface area contributed by atoms with Gasteiger partial charge in [-0.25, -0.2) is 0 Å². The van der Waals surface area contributed by atoms with Crippen LogP contribution in [0.4, 0.5) is 0 Å². The van der Waals surface area contributed by atoms with E-state index >= 15 is 0 Å². The van der Waals surface area contributed by atoms with Crippen molar-refractivity contribution in [1.29, 1.82) is 0 Å². The fraction of sp³-hybridized carbons (Fsp3) is 0.533. The summed E-state index contributed by atoms with van der Waals surface area (Å²) in [4.78, 5) is 4.23. The van der Waals surface area contributed by atoms with Crippen LogP contribution in [-0.2, 0) is 6.54 Å². The summed E-state index contributed by atoms with van der Waals surface area (Å²) in [5.74, 6) is 1.92. The van der Waals surface area contributed by atoms with E-state index in [0.29, 0.717) is 0 Å². The molecule has 0 aliphatic heterocycles. The second-order valence-corrected chi connectivity index (χ2v) is 4.92. The number of hydrogen-bond donors (Lipinski definition) is 2. The normalized spacial score (nSPS) is 14.7. The molecule has 2 N–H and O–H groups in total. The molecule has 0 radical (unpaired) electrons. The Bertz CT molecular complexity index is 374. The van der Waals surface area contributed by atoms with Crippen LogP contribution >= 0.6 is 24.0 Å². The highest BCUT2D eigenvalue weighted by atomic mass is 127. The molecule has 1 aliphatic carbocycles. The van der Waals surface area contributed by atoms with Crippen LogP contribution in [-0.4, -0.2) is 19.6 Å². The van der Waals surface area contributed by atoms with Crippen molar-refractivity contribution >= 4 is 29.9 Å². The third kappa shape index (κ3) is 6.80. The molecule has 1 aromatic rings. The quantitative estimate of drug-likeness (QED) is 0.348. The third-order valence-corrected chi connectivity index (χ3v) is 3.30. The Hall–Kier alpha value is -0.780. The number of halogens is 1. The molecule has 106 valence electrons. The van der Waals surface area contributed by atoms with Crippen molar-refractivity contribution in [3.05, 3.63) is 35.9 Å². The molecule has 1 aliphatic rings. The Morgan fingerprint density at radius 3 is 2.58 bits per heavy atom. The first-order valence-electron chi connectivity index (χ1n) is 6.87. The molecule has 1 saturated carbocycles. The van der Waals surface area contributed by atoms with E-state index in [1.54, 1.807) is 0 Å². The van der Waals surface area contributed by atoms with Crippen molar-refractivity contribution < 1.29 is 0 Å². The predicted octanol–water partition coefficient (Wildman–Crippen LogP) is 3.16. The number of rotatable bonds is 6. The van der Waals surface area contributed by atoms with E-state index in [-0.39, 0.29) is 24.0 Å². The fourth-order valence-electron chi connectivity index (χ4n) is 2.01. The second kappa shape index (κ2) is 9.18. The summed E-state index contributed by atoms with van der Waals surface area (Å²) in [7, 11) is 1.82. The van der Waals surface area contributed by atoms with Gasteiger partial charge in [0.05, 0.1) is 0 Å². The van der Waals surface area contributed by atoms with Crippen LogP contribution < -0.4 is 10.6 Å². The number of aliphatic imine (C=N–C) groups is 1. The van der Waals surface area contributed by atoms with Crippen molar-refractivity contribution in [2.75, 3.05) is 13.6 Å². The van der Waals surface area contributed by atoms with Gasteiger partial charge in [-0.15, -0.1) is 24.0 Å². The molecule has 0 aromatic heterocycles. The van der Waals surface area contributed by atoms with Crippen LogP contribution in [0.3, 0.4) is 0 Å². The minimum atomic E-state index is 0. The molecule has 0 spiro atoms. The van der Waals surface area contributed by atoms with E-state index < -0.39 is 0 Å². The molecule has 0 atom stereocenters. The second-order valence-electron chi connectivity index (χ2n) is 4.92. The van der Waals surface area contributed by atoms with Crippen molar-refractivity contribution in [2.24, 2.45) is 10.9 Å². The lowest BCUT2D eigenvalue weighted by Crippen LogP contribution is -2.37. The molecule has 1 aromatic carbocycles. The largest absolute Gasteiger partial charge is 0.356 e. The highest BCUT2D eigenvalue weighted by Gasteiger charge is 2.19. The van der Waals surface area contributed by atoms with Gasteiger partial charge >= 0.3 is 0 Å². The van der Waals surface area contributed by atoms with Gasteiger partial charge in [0.1, 0.15) is 0 Å². The molecule has 3 nitrogen and oxygen atoms in total. The summed E-state index contributed by atoms with van der Waals surface area (Å²) < 4.78 is 0. The highest BCUT2D eigenvalue weighted by Crippen LogP contribution is 2.33. The zero-order chi connectivity index (χ0) is 12.6. The van der Waals surface area contributed by atoms with Gasteiger partial charge in [-0.3, -0.25) is 4.99 Å². The third-order valence-electron chi connectivity index (χ3n) is 3.30. The summed E-state index contributed by atoms with van der Waals surface area (Å²) in [5, 5.41) is 6.69. The van der Waals surface area contributed by atoms with Crippen molar-refractivity contribution in [1.82, 2.24) is 10.6 Å². The van der Waals surface area contributed by atoms with Crippen LogP contribution in [0, 0.1) is 5.92 Å². The lowest BCUT2D eigenvalue weighted by Gasteiger charge is -2.11. The van der Waals surface area contributed by atoms with E-state index in [0.717, 1.165) is 25.0 Å². The fourth-order valence-corrected chi connectivity index (χ4v) is 2.01. The molecule has 0 amide bonds. The van der Waals surface area contributed by atoms with E-state index in [1.807, 2.05) is 13.1 Å². The van der Waals surface area contributed by atoms with E-state index in [2.05, 4.69) is 39.9 Å². The van der Waals surface area contributed by atoms with E-state index in [4.69, 9.17) is 0 Å².